The molecular weight excluding hydrogens is 296 g/mol. The Hall–Kier alpha value is -2.76. The highest BCUT2D eigenvalue weighted by molar-refractivity contribution is 6.07. The zero-order chi connectivity index (χ0) is 17.0. The highest BCUT2D eigenvalue weighted by Crippen LogP contribution is 2.35. The molecular formula is C17H20N2O4. The summed E-state index contributed by atoms with van der Waals surface area (Å²) in [5.74, 6) is 1.61. The maximum atomic E-state index is 12.3. The lowest BCUT2D eigenvalue weighted by Crippen LogP contribution is -1.99. The molecule has 0 saturated carbocycles. The predicted octanol–water partition coefficient (Wildman–Crippen LogP) is 2.65. The lowest BCUT2D eigenvalue weighted by molar-refractivity contribution is 0.104. The fourth-order valence-corrected chi connectivity index (χ4v) is 2.18. The van der Waals surface area contributed by atoms with Crippen molar-refractivity contribution in [1.29, 1.82) is 0 Å². The normalized spacial score (nSPS) is 10.8. The second-order valence-electron chi connectivity index (χ2n) is 4.91. The third kappa shape index (κ3) is 3.36. The van der Waals surface area contributed by atoms with Crippen LogP contribution >= 0.6 is 0 Å². The fourth-order valence-electron chi connectivity index (χ4n) is 2.18. The molecule has 1 aromatic heterocycles. The molecule has 0 spiro atoms. The van der Waals surface area contributed by atoms with Crippen molar-refractivity contribution in [2.75, 3.05) is 21.3 Å². The van der Waals surface area contributed by atoms with Gasteiger partial charge in [0.25, 0.3) is 0 Å². The summed E-state index contributed by atoms with van der Waals surface area (Å²) in [5, 5.41) is 4.08. The molecule has 1 heterocycles. The minimum absolute atomic E-state index is 0.118. The van der Waals surface area contributed by atoms with Crippen LogP contribution in [-0.2, 0) is 7.05 Å². The minimum atomic E-state index is -0.118. The van der Waals surface area contributed by atoms with E-state index >= 15 is 0 Å². The summed E-state index contributed by atoms with van der Waals surface area (Å²) in [6.07, 6.45) is 4.75. The maximum absolute atomic E-state index is 12.3. The van der Waals surface area contributed by atoms with E-state index in [-0.39, 0.29) is 5.78 Å². The number of rotatable bonds is 6. The van der Waals surface area contributed by atoms with Gasteiger partial charge in [-0.05, 0) is 25.1 Å². The lowest BCUT2D eigenvalue weighted by Gasteiger charge is -2.12. The third-order valence-electron chi connectivity index (χ3n) is 3.65. The number of benzene rings is 1. The van der Waals surface area contributed by atoms with Crippen LogP contribution in [0.1, 0.15) is 21.6 Å². The molecule has 2 aromatic rings. The maximum Gasteiger partial charge on any atom is 0.189 e. The number of aromatic nitrogens is 2. The molecule has 0 aliphatic rings. The van der Waals surface area contributed by atoms with Crippen molar-refractivity contribution in [3.05, 3.63) is 41.2 Å². The quantitative estimate of drug-likeness (QED) is 0.605. The van der Waals surface area contributed by atoms with Crippen LogP contribution in [0.25, 0.3) is 6.08 Å². The molecule has 0 aliphatic heterocycles. The van der Waals surface area contributed by atoms with Crippen molar-refractivity contribution in [2.24, 2.45) is 7.05 Å². The van der Waals surface area contributed by atoms with Crippen molar-refractivity contribution in [3.8, 4) is 17.2 Å². The van der Waals surface area contributed by atoms with Gasteiger partial charge in [-0.15, -0.1) is 0 Å². The fraction of sp³-hybridized carbons (Fsp3) is 0.294. The Bertz CT molecular complexity index is 747. The van der Waals surface area contributed by atoms with Crippen LogP contribution in [0, 0.1) is 6.92 Å². The highest BCUT2D eigenvalue weighted by Gasteiger charge is 2.12. The Balaban J connectivity index is 2.35. The van der Waals surface area contributed by atoms with E-state index in [9.17, 15) is 4.79 Å². The Labute approximate surface area is 135 Å². The molecule has 0 aliphatic carbocycles. The number of allylic oxidation sites excluding steroid dienone is 1. The van der Waals surface area contributed by atoms with Gasteiger partial charge in [0.05, 0.1) is 33.1 Å². The SMILES string of the molecule is COc1cc(OC)c(OC)cc1/C=C/C(=O)c1cnn(C)c1C. The molecule has 0 N–H and O–H groups in total. The average molecular weight is 316 g/mol. The summed E-state index contributed by atoms with van der Waals surface area (Å²) in [6, 6.07) is 3.48. The molecule has 23 heavy (non-hydrogen) atoms. The zero-order valence-corrected chi connectivity index (χ0v) is 13.9. The molecule has 1 aromatic carbocycles. The van der Waals surface area contributed by atoms with Crippen molar-refractivity contribution >= 4 is 11.9 Å². The standard InChI is InChI=1S/C17H20N2O4/c1-11-13(10-18-19(11)2)14(20)7-6-12-8-16(22-4)17(23-5)9-15(12)21-3/h6-10H,1-5H3/b7-6+. The van der Waals surface area contributed by atoms with E-state index in [1.54, 1.807) is 57.5 Å². The number of ketones is 1. The van der Waals surface area contributed by atoms with Gasteiger partial charge in [-0.2, -0.15) is 5.10 Å². The van der Waals surface area contributed by atoms with Gasteiger partial charge in [-0.3, -0.25) is 9.48 Å². The largest absolute Gasteiger partial charge is 0.496 e. The summed E-state index contributed by atoms with van der Waals surface area (Å²) < 4.78 is 17.5. The summed E-state index contributed by atoms with van der Waals surface area (Å²) in [4.78, 5) is 12.3. The first-order valence-corrected chi connectivity index (χ1v) is 7.02. The first kappa shape index (κ1) is 16.6. The molecule has 2 rings (SSSR count). The molecule has 6 heteroatoms. The Morgan fingerprint density at radius 2 is 1.70 bits per heavy atom. The number of hydrogen-bond donors (Lipinski definition) is 0. The monoisotopic (exact) mass is 316 g/mol. The third-order valence-corrected chi connectivity index (χ3v) is 3.65. The highest BCUT2D eigenvalue weighted by atomic mass is 16.5. The Morgan fingerprint density at radius 3 is 2.22 bits per heavy atom. The van der Waals surface area contributed by atoms with E-state index in [1.165, 1.54) is 6.08 Å². The number of carbonyl (C=O) groups excluding carboxylic acids is 1. The van der Waals surface area contributed by atoms with Crippen LogP contribution in [0.2, 0.25) is 0 Å². The van der Waals surface area contributed by atoms with Crippen LogP contribution in [0.3, 0.4) is 0 Å². The van der Waals surface area contributed by atoms with E-state index in [2.05, 4.69) is 5.10 Å². The number of methoxy groups -OCH3 is 3. The van der Waals surface area contributed by atoms with Gasteiger partial charge >= 0.3 is 0 Å². The smallest absolute Gasteiger partial charge is 0.189 e. The van der Waals surface area contributed by atoms with Crippen molar-refractivity contribution in [3.63, 3.8) is 0 Å². The molecule has 0 unspecified atom stereocenters. The first-order chi connectivity index (χ1) is 11.0. The predicted molar refractivity (Wildman–Crippen MR) is 87.4 cm³/mol. The van der Waals surface area contributed by atoms with E-state index in [0.29, 0.717) is 22.8 Å². The molecule has 6 nitrogen and oxygen atoms in total. The number of carbonyl (C=O) groups is 1. The summed E-state index contributed by atoms with van der Waals surface area (Å²) >= 11 is 0. The first-order valence-electron chi connectivity index (χ1n) is 7.02. The van der Waals surface area contributed by atoms with E-state index in [1.807, 2.05) is 6.92 Å². The van der Waals surface area contributed by atoms with Crippen molar-refractivity contribution in [2.45, 2.75) is 6.92 Å². The summed E-state index contributed by atoms with van der Waals surface area (Å²) in [7, 11) is 6.47. The molecule has 0 atom stereocenters. The lowest BCUT2D eigenvalue weighted by atomic mass is 10.1. The Kier molecular flexibility index (Phi) is 5.05. The van der Waals surface area contributed by atoms with Gasteiger partial charge in [0.1, 0.15) is 5.75 Å². The van der Waals surface area contributed by atoms with Crippen molar-refractivity contribution < 1.29 is 19.0 Å². The molecule has 122 valence electrons. The van der Waals surface area contributed by atoms with Crippen LogP contribution < -0.4 is 14.2 Å². The van der Waals surface area contributed by atoms with Gasteiger partial charge in [0.2, 0.25) is 0 Å². The average Bonchev–Trinajstić information content (AvgIpc) is 2.91. The van der Waals surface area contributed by atoms with Gasteiger partial charge in [-0.25, -0.2) is 0 Å². The van der Waals surface area contributed by atoms with Crippen LogP contribution in [-0.4, -0.2) is 36.9 Å². The molecule has 0 saturated heterocycles. The van der Waals surface area contributed by atoms with Crippen LogP contribution in [0.15, 0.2) is 24.4 Å². The van der Waals surface area contributed by atoms with Gasteiger partial charge in [-0.1, -0.05) is 0 Å². The van der Waals surface area contributed by atoms with Crippen molar-refractivity contribution in [1.82, 2.24) is 9.78 Å². The second kappa shape index (κ2) is 7.00. The summed E-state index contributed by atoms with van der Waals surface area (Å²) in [6.45, 7) is 1.85. The van der Waals surface area contributed by atoms with E-state index < -0.39 is 0 Å². The second-order valence-corrected chi connectivity index (χ2v) is 4.91. The van der Waals surface area contributed by atoms with Crippen LogP contribution in [0.4, 0.5) is 0 Å². The minimum Gasteiger partial charge on any atom is -0.496 e. The zero-order valence-electron chi connectivity index (χ0n) is 13.9. The Morgan fingerprint density at radius 1 is 1.09 bits per heavy atom. The number of aryl methyl sites for hydroxylation is 1. The molecule has 0 fully saturated rings. The van der Waals surface area contributed by atoms with Gasteiger partial charge in [0.15, 0.2) is 17.3 Å². The van der Waals surface area contributed by atoms with Gasteiger partial charge < -0.3 is 14.2 Å². The number of ether oxygens (including phenoxy) is 3. The van der Waals surface area contributed by atoms with Crippen LogP contribution in [0.5, 0.6) is 17.2 Å². The number of hydrogen-bond acceptors (Lipinski definition) is 5. The number of nitrogens with zero attached hydrogens (tertiary/aromatic N) is 2. The summed E-state index contributed by atoms with van der Waals surface area (Å²) in [5.41, 5.74) is 2.11. The van der Waals surface area contributed by atoms with E-state index in [4.69, 9.17) is 14.2 Å². The molecule has 0 radical (unpaired) electrons. The molecule has 0 bridgehead atoms. The van der Waals surface area contributed by atoms with E-state index in [0.717, 1.165) is 11.3 Å². The molecule has 0 amide bonds. The topological polar surface area (TPSA) is 62.6 Å². The van der Waals surface area contributed by atoms with Gasteiger partial charge in [0, 0.05) is 24.4 Å².